The number of amides is 1. The third-order valence-electron chi connectivity index (χ3n) is 4.79. The van der Waals surface area contributed by atoms with Gasteiger partial charge in [-0.3, -0.25) is 4.79 Å². The van der Waals surface area contributed by atoms with Gasteiger partial charge in [0, 0.05) is 32.1 Å². The zero-order chi connectivity index (χ0) is 20.6. The molecule has 0 aliphatic rings. The molecule has 154 valence electrons. The minimum atomic E-state index is 0.0218. The zero-order valence-electron chi connectivity index (χ0n) is 17.3. The van der Waals surface area contributed by atoms with Crippen molar-refractivity contribution in [3.05, 3.63) is 47.9 Å². The first kappa shape index (κ1) is 20.6. The molecular weight excluding hydrogens is 368 g/mol. The van der Waals surface area contributed by atoms with Crippen molar-refractivity contribution in [2.75, 3.05) is 20.8 Å². The first-order valence-corrected chi connectivity index (χ1v) is 9.94. The van der Waals surface area contributed by atoms with Crippen molar-refractivity contribution < 1.29 is 14.3 Å². The Balaban J connectivity index is 1.53. The molecule has 0 atom stereocenters. The number of pyridine rings is 1. The first-order valence-electron chi connectivity index (χ1n) is 9.94. The fraction of sp³-hybridized carbons (Fsp3) is 0.409. The Morgan fingerprint density at radius 1 is 1.14 bits per heavy atom. The van der Waals surface area contributed by atoms with Crippen LogP contribution in [0.3, 0.4) is 0 Å². The predicted octanol–water partition coefficient (Wildman–Crippen LogP) is 3.15. The van der Waals surface area contributed by atoms with Gasteiger partial charge in [-0.15, -0.1) is 0 Å². The van der Waals surface area contributed by atoms with Gasteiger partial charge >= 0.3 is 0 Å². The van der Waals surface area contributed by atoms with Gasteiger partial charge in [-0.25, -0.2) is 9.97 Å². The van der Waals surface area contributed by atoms with Gasteiger partial charge < -0.3 is 19.4 Å². The van der Waals surface area contributed by atoms with E-state index in [0.717, 1.165) is 41.9 Å². The molecule has 0 unspecified atom stereocenters. The summed E-state index contributed by atoms with van der Waals surface area (Å²) in [5, 5.41) is 2.99. The topological polar surface area (TPSA) is 78.3 Å². The van der Waals surface area contributed by atoms with Crippen LogP contribution >= 0.6 is 0 Å². The normalized spacial score (nSPS) is 10.9. The molecule has 2 aromatic heterocycles. The Morgan fingerprint density at radius 2 is 1.97 bits per heavy atom. The number of imidazole rings is 1. The number of hydrogen-bond acceptors (Lipinski definition) is 5. The van der Waals surface area contributed by atoms with Crippen LogP contribution in [0, 0.1) is 0 Å². The monoisotopic (exact) mass is 396 g/mol. The number of aromatic nitrogens is 3. The van der Waals surface area contributed by atoms with Crippen LogP contribution in [0.1, 0.15) is 31.2 Å². The molecule has 7 nitrogen and oxygen atoms in total. The molecular formula is C22H28N4O3. The summed E-state index contributed by atoms with van der Waals surface area (Å²) in [5.74, 6) is 2.33. The van der Waals surface area contributed by atoms with Crippen molar-refractivity contribution in [3.63, 3.8) is 0 Å². The summed E-state index contributed by atoms with van der Waals surface area (Å²) in [5.41, 5.74) is 2.85. The zero-order valence-corrected chi connectivity index (χ0v) is 17.3. The van der Waals surface area contributed by atoms with Crippen LogP contribution in [0.15, 0.2) is 36.5 Å². The molecule has 0 saturated carbocycles. The second-order valence-corrected chi connectivity index (χ2v) is 6.82. The number of methoxy groups -OCH3 is 2. The minimum Gasteiger partial charge on any atom is -0.493 e. The summed E-state index contributed by atoms with van der Waals surface area (Å²) >= 11 is 0. The van der Waals surface area contributed by atoms with Crippen LogP contribution in [0.2, 0.25) is 0 Å². The first-order chi connectivity index (χ1) is 14.2. The highest BCUT2D eigenvalue weighted by molar-refractivity contribution is 5.76. The van der Waals surface area contributed by atoms with Crippen LogP contribution in [0.5, 0.6) is 11.5 Å². The lowest BCUT2D eigenvalue weighted by Crippen LogP contribution is -2.26. The van der Waals surface area contributed by atoms with E-state index in [1.807, 2.05) is 30.3 Å². The van der Waals surface area contributed by atoms with Crippen LogP contribution in [0.4, 0.5) is 0 Å². The van der Waals surface area contributed by atoms with Crippen molar-refractivity contribution in [2.45, 2.75) is 39.2 Å². The van der Waals surface area contributed by atoms with Crippen molar-refractivity contribution in [1.29, 1.82) is 0 Å². The largest absolute Gasteiger partial charge is 0.493 e. The third kappa shape index (κ3) is 5.04. The molecule has 0 aliphatic heterocycles. The molecule has 1 aromatic carbocycles. The van der Waals surface area contributed by atoms with E-state index in [4.69, 9.17) is 9.47 Å². The smallest absolute Gasteiger partial charge is 0.220 e. The number of carbonyl (C=O) groups excluding carboxylic acids is 1. The van der Waals surface area contributed by atoms with Crippen molar-refractivity contribution in [3.8, 4) is 11.5 Å². The Kier molecular flexibility index (Phi) is 7.05. The summed E-state index contributed by atoms with van der Waals surface area (Å²) in [7, 11) is 3.23. The fourth-order valence-corrected chi connectivity index (χ4v) is 3.35. The molecule has 0 aliphatic carbocycles. The molecule has 29 heavy (non-hydrogen) atoms. The Labute approximate surface area is 171 Å². The number of benzene rings is 1. The number of fused-ring (bicyclic) bond motifs is 1. The Morgan fingerprint density at radius 3 is 2.72 bits per heavy atom. The lowest BCUT2D eigenvalue weighted by molar-refractivity contribution is -0.121. The van der Waals surface area contributed by atoms with E-state index in [9.17, 15) is 4.79 Å². The number of nitrogens with one attached hydrogen (secondary N) is 1. The molecule has 3 aromatic rings. The molecule has 0 fully saturated rings. The van der Waals surface area contributed by atoms with Gasteiger partial charge in [0.25, 0.3) is 0 Å². The number of nitrogens with zero attached hydrogens (tertiary/aromatic N) is 3. The molecule has 1 amide bonds. The van der Waals surface area contributed by atoms with Gasteiger partial charge in [-0.2, -0.15) is 0 Å². The number of hydrogen-bond donors (Lipinski definition) is 1. The number of aryl methyl sites for hydroxylation is 2. The number of rotatable bonds is 10. The van der Waals surface area contributed by atoms with Crippen LogP contribution in [0.25, 0.3) is 11.2 Å². The van der Waals surface area contributed by atoms with Crippen molar-refractivity contribution in [1.82, 2.24) is 19.9 Å². The van der Waals surface area contributed by atoms with Crippen molar-refractivity contribution >= 4 is 17.1 Å². The minimum absolute atomic E-state index is 0.0218. The maximum absolute atomic E-state index is 12.3. The predicted molar refractivity (Wildman–Crippen MR) is 112 cm³/mol. The van der Waals surface area contributed by atoms with Gasteiger partial charge in [0.1, 0.15) is 11.3 Å². The fourth-order valence-electron chi connectivity index (χ4n) is 3.35. The summed E-state index contributed by atoms with van der Waals surface area (Å²) in [6, 6.07) is 9.64. The Hall–Kier alpha value is -3.09. The molecule has 0 spiro atoms. The van der Waals surface area contributed by atoms with E-state index in [-0.39, 0.29) is 5.91 Å². The van der Waals surface area contributed by atoms with E-state index >= 15 is 0 Å². The van der Waals surface area contributed by atoms with Gasteiger partial charge in [0.15, 0.2) is 17.1 Å². The van der Waals surface area contributed by atoms with E-state index in [2.05, 4.69) is 26.8 Å². The Bertz CT molecular complexity index is 968. The van der Waals surface area contributed by atoms with Gasteiger partial charge in [-0.05, 0) is 42.7 Å². The highest BCUT2D eigenvalue weighted by Crippen LogP contribution is 2.27. The molecule has 0 saturated heterocycles. The average Bonchev–Trinajstić information content (AvgIpc) is 3.10. The SMILES string of the molecule is CCCn1c(CCC(=O)NCCc2ccc(OC)c(OC)c2)nc2cccnc21. The highest BCUT2D eigenvalue weighted by atomic mass is 16.5. The maximum atomic E-state index is 12.3. The second kappa shape index (κ2) is 9.91. The maximum Gasteiger partial charge on any atom is 0.220 e. The quantitative estimate of drug-likeness (QED) is 0.570. The lowest BCUT2D eigenvalue weighted by Gasteiger charge is -2.10. The molecule has 0 bridgehead atoms. The summed E-state index contributed by atoms with van der Waals surface area (Å²) in [6.07, 6.45) is 4.50. The van der Waals surface area contributed by atoms with E-state index in [1.165, 1.54) is 0 Å². The van der Waals surface area contributed by atoms with Gasteiger partial charge in [0.2, 0.25) is 5.91 Å². The van der Waals surface area contributed by atoms with E-state index in [0.29, 0.717) is 30.9 Å². The standard InChI is InChI=1S/C22H28N4O3/c1-4-14-26-20(25-17-6-5-12-24-22(17)26)9-10-21(27)23-13-11-16-7-8-18(28-2)19(15-16)29-3/h5-8,12,15H,4,9-11,13-14H2,1-3H3,(H,23,27). The highest BCUT2D eigenvalue weighted by Gasteiger charge is 2.12. The van der Waals surface area contributed by atoms with Gasteiger partial charge in [0.05, 0.1) is 14.2 Å². The van der Waals surface area contributed by atoms with Crippen LogP contribution in [-0.4, -0.2) is 41.2 Å². The lowest BCUT2D eigenvalue weighted by atomic mass is 10.1. The van der Waals surface area contributed by atoms with Gasteiger partial charge in [-0.1, -0.05) is 13.0 Å². The molecule has 1 N–H and O–H groups in total. The van der Waals surface area contributed by atoms with E-state index in [1.54, 1.807) is 20.4 Å². The van der Waals surface area contributed by atoms with E-state index < -0.39 is 0 Å². The molecule has 2 heterocycles. The number of carbonyl (C=O) groups is 1. The van der Waals surface area contributed by atoms with Crippen LogP contribution < -0.4 is 14.8 Å². The second-order valence-electron chi connectivity index (χ2n) is 6.82. The number of ether oxygens (including phenoxy) is 2. The van der Waals surface area contributed by atoms with Crippen LogP contribution in [-0.2, 0) is 24.2 Å². The van der Waals surface area contributed by atoms with Crippen molar-refractivity contribution in [2.24, 2.45) is 0 Å². The summed E-state index contributed by atoms with van der Waals surface area (Å²) < 4.78 is 12.7. The summed E-state index contributed by atoms with van der Waals surface area (Å²) in [4.78, 5) is 21.4. The summed E-state index contributed by atoms with van der Waals surface area (Å²) in [6.45, 7) is 3.55. The third-order valence-corrected chi connectivity index (χ3v) is 4.79. The molecule has 0 radical (unpaired) electrons. The molecule has 7 heteroatoms. The molecule has 3 rings (SSSR count). The average molecular weight is 396 g/mol.